The lowest BCUT2D eigenvalue weighted by molar-refractivity contribution is 0.0989. The third kappa shape index (κ3) is 2.59. The smallest absolute Gasteiger partial charge is 0.258 e. The number of nitrogens with two attached hydrogens (primary N) is 1. The molecule has 0 atom stereocenters. The van der Waals surface area contributed by atoms with Crippen molar-refractivity contribution in [2.24, 2.45) is 0 Å². The molecule has 2 N–H and O–H groups in total. The second-order valence-corrected chi connectivity index (χ2v) is 6.93. The van der Waals surface area contributed by atoms with Crippen LogP contribution in [0.15, 0.2) is 42.5 Å². The maximum Gasteiger partial charge on any atom is 0.258 e. The highest BCUT2D eigenvalue weighted by Gasteiger charge is 2.27. The number of amides is 1. The molecular weight excluding hydrogens is 272 g/mol. The van der Waals surface area contributed by atoms with E-state index >= 15 is 0 Å². The minimum atomic E-state index is 0.0227. The van der Waals surface area contributed by atoms with Crippen LogP contribution in [0.3, 0.4) is 0 Å². The topological polar surface area (TPSA) is 46.3 Å². The molecule has 3 heteroatoms. The summed E-state index contributed by atoms with van der Waals surface area (Å²) < 4.78 is 0. The first-order valence-corrected chi connectivity index (χ1v) is 7.67. The van der Waals surface area contributed by atoms with E-state index in [4.69, 9.17) is 5.73 Å². The van der Waals surface area contributed by atoms with Gasteiger partial charge in [-0.3, -0.25) is 4.79 Å². The van der Waals surface area contributed by atoms with E-state index in [0.29, 0.717) is 11.3 Å². The Bertz CT molecular complexity index is 728. The summed E-state index contributed by atoms with van der Waals surface area (Å²) in [6.07, 6.45) is 0.910. The number of hydrogen-bond donors (Lipinski definition) is 1. The van der Waals surface area contributed by atoms with Gasteiger partial charge in [-0.15, -0.1) is 0 Å². The molecule has 0 spiro atoms. The molecule has 1 aliphatic heterocycles. The van der Waals surface area contributed by atoms with E-state index in [0.717, 1.165) is 18.7 Å². The summed E-state index contributed by atoms with van der Waals surface area (Å²) in [6.45, 7) is 7.36. The molecule has 0 saturated carbocycles. The van der Waals surface area contributed by atoms with Crippen LogP contribution >= 0.6 is 0 Å². The Balaban J connectivity index is 1.93. The summed E-state index contributed by atoms with van der Waals surface area (Å²) in [5, 5.41) is 0. The first kappa shape index (κ1) is 14.6. The molecule has 1 aliphatic rings. The van der Waals surface area contributed by atoms with Crippen molar-refractivity contribution in [2.75, 3.05) is 17.2 Å². The van der Waals surface area contributed by atoms with Crippen molar-refractivity contribution in [3.8, 4) is 0 Å². The van der Waals surface area contributed by atoms with Crippen LogP contribution in [0.2, 0.25) is 0 Å². The van der Waals surface area contributed by atoms with Crippen LogP contribution in [0.5, 0.6) is 0 Å². The molecule has 0 unspecified atom stereocenters. The minimum Gasteiger partial charge on any atom is -0.399 e. The Morgan fingerprint density at radius 3 is 2.59 bits per heavy atom. The third-order valence-electron chi connectivity index (χ3n) is 4.22. The number of nitrogens with zero attached hydrogens (tertiary/aromatic N) is 1. The van der Waals surface area contributed by atoms with Crippen molar-refractivity contribution in [1.82, 2.24) is 0 Å². The van der Waals surface area contributed by atoms with Crippen LogP contribution in [-0.2, 0) is 11.8 Å². The van der Waals surface area contributed by atoms with Crippen molar-refractivity contribution in [3.63, 3.8) is 0 Å². The maximum absolute atomic E-state index is 12.7. The zero-order valence-corrected chi connectivity index (χ0v) is 13.4. The quantitative estimate of drug-likeness (QED) is 0.814. The summed E-state index contributed by atoms with van der Waals surface area (Å²) >= 11 is 0. The fraction of sp³-hybridized carbons (Fsp3) is 0.316. The van der Waals surface area contributed by atoms with Gasteiger partial charge in [0.25, 0.3) is 5.91 Å². The molecule has 2 aromatic carbocycles. The second kappa shape index (κ2) is 5.16. The predicted octanol–water partition coefficient (Wildman–Crippen LogP) is 3.77. The highest BCUT2D eigenvalue weighted by molar-refractivity contribution is 6.07. The summed E-state index contributed by atoms with van der Waals surface area (Å²) in [7, 11) is 0. The van der Waals surface area contributed by atoms with E-state index in [1.807, 2.05) is 17.0 Å². The summed E-state index contributed by atoms with van der Waals surface area (Å²) in [6, 6.07) is 13.6. The molecule has 3 nitrogen and oxygen atoms in total. The van der Waals surface area contributed by atoms with E-state index in [1.165, 1.54) is 11.1 Å². The Morgan fingerprint density at radius 2 is 1.91 bits per heavy atom. The Morgan fingerprint density at radius 1 is 1.14 bits per heavy atom. The standard InChI is InChI=1S/C19H22N2O/c1-19(2,3)15-7-8-17-13(11-15)9-10-21(17)18(22)14-5-4-6-16(20)12-14/h4-8,11-12H,9-10,20H2,1-3H3. The van der Waals surface area contributed by atoms with E-state index < -0.39 is 0 Å². The average molecular weight is 294 g/mol. The van der Waals surface area contributed by atoms with Gasteiger partial charge in [-0.25, -0.2) is 0 Å². The molecule has 0 aliphatic carbocycles. The predicted molar refractivity (Wildman–Crippen MR) is 91.4 cm³/mol. The van der Waals surface area contributed by atoms with Crippen molar-refractivity contribution in [2.45, 2.75) is 32.6 Å². The Kier molecular flexibility index (Phi) is 3.44. The van der Waals surface area contributed by atoms with Gasteiger partial charge in [0.05, 0.1) is 0 Å². The number of hydrogen-bond acceptors (Lipinski definition) is 2. The van der Waals surface area contributed by atoms with Gasteiger partial charge in [0, 0.05) is 23.5 Å². The van der Waals surface area contributed by atoms with Crippen LogP contribution in [0.4, 0.5) is 11.4 Å². The van der Waals surface area contributed by atoms with Crippen LogP contribution < -0.4 is 10.6 Å². The zero-order chi connectivity index (χ0) is 15.9. The van der Waals surface area contributed by atoms with Gasteiger partial charge >= 0.3 is 0 Å². The summed E-state index contributed by atoms with van der Waals surface area (Å²) in [4.78, 5) is 14.6. The van der Waals surface area contributed by atoms with E-state index in [9.17, 15) is 4.79 Å². The molecule has 0 fully saturated rings. The molecule has 0 aromatic heterocycles. The van der Waals surface area contributed by atoms with Gasteiger partial charge in [-0.05, 0) is 47.2 Å². The van der Waals surface area contributed by atoms with Crippen LogP contribution in [-0.4, -0.2) is 12.5 Å². The average Bonchev–Trinajstić information content (AvgIpc) is 2.88. The number of anilines is 2. The van der Waals surface area contributed by atoms with Crippen LogP contribution in [0, 0.1) is 0 Å². The molecule has 1 heterocycles. The molecule has 3 rings (SSSR count). The van der Waals surface area contributed by atoms with Gasteiger partial charge in [0.1, 0.15) is 0 Å². The lowest BCUT2D eigenvalue weighted by Gasteiger charge is -2.22. The molecule has 0 bridgehead atoms. The maximum atomic E-state index is 12.7. The van der Waals surface area contributed by atoms with E-state index in [-0.39, 0.29) is 11.3 Å². The monoisotopic (exact) mass is 294 g/mol. The number of rotatable bonds is 1. The molecule has 22 heavy (non-hydrogen) atoms. The highest BCUT2D eigenvalue weighted by Crippen LogP contribution is 2.33. The van der Waals surface area contributed by atoms with Gasteiger partial charge in [0.2, 0.25) is 0 Å². The Labute approximate surface area is 131 Å². The highest BCUT2D eigenvalue weighted by atomic mass is 16.2. The van der Waals surface area contributed by atoms with E-state index in [1.54, 1.807) is 12.1 Å². The van der Waals surface area contributed by atoms with Crippen molar-refractivity contribution >= 4 is 17.3 Å². The number of fused-ring (bicyclic) bond motifs is 1. The number of nitrogen functional groups attached to an aromatic ring is 1. The summed E-state index contributed by atoms with van der Waals surface area (Å²) in [5.74, 6) is 0.0227. The fourth-order valence-corrected chi connectivity index (χ4v) is 2.91. The lowest BCUT2D eigenvalue weighted by Crippen LogP contribution is -2.28. The molecule has 0 saturated heterocycles. The number of carbonyl (C=O) groups excluding carboxylic acids is 1. The Hall–Kier alpha value is -2.29. The molecule has 1 amide bonds. The van der Waals surface area contributed by atoms with Gasteiger partial charge in [-0.2, -0.15) is 0 Å². The number of benzene rings is 2. The normalized spacial score (nSPS) is 14.0. The van der Waals surface area contributed by atoms with Crippen molar-refractivity contribution in [1.29, 1.82) is 0 Å². The van der Waals surface area contributed by atoms with Gasteiger partial charge in [0.15, 0.2) is 0 Å². The molecular formula is C19H22N2O. The molecule has 114 valence electrons. The first-order chi connectivity index (χ1) is 10.4. The van der Waals surface area contributed by atoms with Gasteiger partial charge in [-0.1, -0.05) is 39.0 Å². The first-order valence-electron chi connectivity index (χ1n) is 7.67. The van der Waals surface area contributed by atoms with Crippen molar-refractivity contribution in [3.05, 3.63) is 59.2 Å². The lowest BCUT2D eigenvalue weighted by atomic mass is 9.86. The SMILES string of the molecule is CC(C)(C)c1ccc2c(c1)CCN2C(=O)c1cccc(N)c1. The third-order valence-corrected chi connectivity index (χ3v) is 4.22. The molecule has 0 radical (unpaired) electrons. The van der Waals surface area contributed by atoms with Gasteiger partial charge < -0.3 is 10.6 Å². The molecule has 2 aromatic rings. The zero-order valence-electron chi connectivity index (χ0n) is 13.4. The van der Waals surface area contributed by atoms with Crippen LogP contribution in [0.1, 0.15) is 42.3 Å². The summed E-state index contributed by atoms with van der Waals surface area (Å²) in [5.41, 5.74) is 10.8. The largest absolute Gasteiger partial charge is 0.399 e. The number of carbonyl (C=O) groups is 1. The minimum absolute atomic E-state index is 0.0227. The van der Waals surface area contributed by atoms with E-state index in [2.05, 4.69) is 39.0 Å². The fourth-order valence-electron chi connectivity index (χ4n) is 2.91. The van der Waals surface area contributed by atoms with Crippen molar-refractivity contribution < 1.29 is 4.79 Å². The van der Waals surface area contributed by atoms with Crippen LogP contribution in [0.25, 0.3) is 0 Å². The second-order valence-electron chi connectivity index (χ2n) is 6.93.